The molecule has 0 amide bonds. The van der Waals surface area contributed by atoms with Crippen molar-refractivity contribution in [1.82, 2.24) is 14.6 Å². The lowest BCUT2D eigenvalue weighted by atomic mass is 9.98. The van der Waals surface area contributed by atoms with Crippen LogP contribution in [-0.2, 0) is 4.74 Å². The molecule has 1 fully saturated rings. The minimum absolute atomic E-state index is 0.0731. The van der Waals surface area contributed by atoms with E-state index in [1.54, 1.807) is 4.52 Å². The molecule has 1 aliphatic rings. The number of hydrogen-bond donors (Lipinski definition) is 2. The van der Waals surface area contributed by atoms with Gasteiger partial charge in [0.2, 0.25) is 10.8 Å². The predicted molar refractivity (Wildman–Crippen MR) is 91.8 cm³/mol. The first-order valence-electron chi connectivity index (χ1n) is 8.18. The highest BCUT2D eigenvalue weighted by Crippen LogP contribution is 2.35. The molecule has 0 bridgehead atoms. The maximum atomic E-state index is 10.8. The lowest BCUT2D eigenvalue weighted by Crippen LogP contribution is -3.14. The number of nitrogens with one attached hydrogen (secondary N) is 1. The van der Waals surface area contributed by atoms with E-state index >= 15 is 0 Å². The molecule has 24 heavy (non-hydrogen) atoms. The summed E-state index contributed by atoms with van der Waals surface area (Å²) in [6, 6.07) is 8.47. The van der Waals surface area contributed by atoms with Gasteiger partial charge in [0.15, 0.2) is 6.04 Å². The minimum atomic E-state index is 0.0731. The fourth-order valence-electron chi connectivity index (χ4n) is 3.42. The standard InChI is InChI=1S/C17H20N4O2S/c1-11-5-3-4-6-13(11)14(20-7-9-23-10-8-20)15-16(22)21-17(24-15)18-12(2)19-21/h3-6,14,22H,7-10H2,1-2H3/p+1/t14-/m1/s1. The Kier molecular flexibility index (Phi) is 3.99. The summed E-state index contributed by atoms with van der Waals surface area (Å²) in [4.78, 5) is 7.49. The van der Waals surface area contributed by atoms with E-state index < -0.39 is 0 Å². The van der Waals surface area contributed by atoms with Gasteiger partial charge in [-0.1, -0.05) is 35.6 Å². The first kappa shape index (κ1) is 15.6. The molecule has 3 aromatic rings. The van der Waals surface area contributed by atoms with Crippen LogP contribution >= 0.6 is 11.3 Å². The summed E-state index contributed by atoms with van der Waals surface area (Å²) in [5, 5.41) is 15.1. The number of rotatable bonds is 3. The Balaban J connectivity index is 1.86. The van der Waals surface area contributed by atoms with Gasteiger partial charge in [0.1, 0.15) is 23.8 Å². The number of thiazole rings is 1. The molecule has 4 rings (SSSR count). The smallest absolute Gasteiger partial charge is 0.235 e. The SMILES string of the molecule is Cc1nc2sc([C@@H](c3ccccc3C)[NH+]3CCOCC3)c(O)n2n1. The number of aromatic nitrogens is 3. The van der Waals surface area contributed by atoms with Crippen LogP contribution in [0.2, 0.25) is 0 Å². The van der Waals surface area contributed by atoms with E-state index in [1.165, 1.54) is 27.4 Å². The molecule has 6 nitrogen and oxygen atoms in total. The molecule has 0 saturated carbocycles. The van der Waals surface area contributed by atoms with Gasteiger partial charge in [0.25, 0.3) is 0 Å². The molecular formula is C17H21N4O2S+. The van der Waals surface area contributed by atoms with Crippen LogP contribution in [0.3, 0.4) is 0 Å². The van der Waals surface area contributed by atoms with Crippen LogP contribution in [0.1, 0.15) is 27.9 Å². The van der Waals surface area contributed by atoms with Crippen molar-refractivity contribution in [2.24, 2.45) is 0 Å². The van der Waals surface area contributed by atoms with Gasteiger partial charge in [0.05, 0.1) is 13.2 Å². The largest absolute Gasteiger partial charge is 0.492 e. The zero-order valence-corrected chi connectivity index (χ0v) is 14.6. The maximum Gasteiger partial charge on any atom is 0.235 e. The lowest BCUT2D eigenvalue weighted by molar-refractivity contribution is -0.932. The number of hydrogen-bond acceptors (Lipinski definition) is 5. The maximum absolute atomic E-state index is 10.8. The number of aromatic hydroxyl groups is 1. The second-order valence-corrected chi connectivity index (χ2v) is 7.21. The molecule has 1 saturated heterocycles. The Hall–Kier alpha value is -1.96. The molecule has 1 aromatic carbocycles. The van der Waals surface area contributed by atoms with E-state index in [-0.39, 0.29) is 11.9 Å². The number of nitrogens with zero attached hydrogens (tertiary/aromatic N) is 3. The van der Waals surface area contributed by atoms with Crippen molar-refractivity contribution in [2.45, 2.75) is 19.9 Å². The highest BCUT2D eigenvalue weighted by Gasteiger charge is 2.34. The molecular weight excluding hydrogens is 324 g/mol. The van der Waals surface area contributed by atoms with Crippen LogP contribution in [0.15, 0.2) is 24.3 Å². The van der Waals surface area contributed by atoms with Crippen LogP contribution in [-0.4, -0.2) is 46.0 Å². The fourth-order valence-corrected chi connectivity index (χ4v) is 4.59. The molecule has 1 atom stereocenters. The third-order valence-corrected chi connectivity index (χ3v) is 5.70. The van der Waals surface area contributed by atoms with Gasteiger partial charge in [-0.15, -0.1) is 5.10 Å². The molecule has 2 aromatic heterocycles. The predicted octanol–water partition coefficient (Wildman–Crippen LogP) is 1.12. The molecule has 2 N–H and O–H groups in total. The highest BCUT2D eigenvalue weighted by molar-refractivity contribution is 7.17. The van der Waals surface area contributed by atoms with Crippen LogP contribution in [0.25, 0.3) is 4.96 Å². The van der Waals surface area contributed by atoms with Gasteiger partial charge in [-0.05, 0) is 19.4 Å². The summed E-state index contributed by atoms with van der Waals surface area (Å²) in [5.74, 6) is 0.886. The number of aryl methyl sites for hydroxylation is 2. The average Bonchev–Trinajstić information content (AvgIpc) is 3.09. The van der Waals surface area contributed by atoms with Gasteiger partial charge in [-0.3, -0.25) is 0 Å². The van der Waals surface area contributed by atoms with Crippen molar-refractivity contribution in [3.8, 4) is 5.88 Å². The van der Waals surface area contributed by atoms with Crippen LogP contribution in [0.5, 0.6) is 5.88 Å². The van der Waals surface area contributed by atoms with E-state index in [1.807, 2.05) is 6.92 Å². The van der Waals surface area contributed by atoms with E-state index in [2.05, 4.69) is 41.3 Å². The Labute approximate surface area is 144 Å². The average molecular weight is 345 g/mol. The Morgan fingerprint density at radius 3 is 2.71 bits per heavy atom. The third kappa shape index (κ3) is 2.58. The molecule has 3 heterocycles. The van der Waals surface area contributed by atoms with Crippen molar-refractivity contribution >= 4 is 16.3 Å². The number of benzene rings is 1. The summed E-state index contributed by atoms with van der Waals surface area (Å²) >= 11 is 1.53. The van der Waals surface area contributed by atoms with E-state index in [4.69, 9.17) is 4.74 Å². The van der Waals surface area contributed by atoms with Gasteiger partial charge in [-0.25, -0.2) is 4.98 Å². The van der Waals surface area contributed by atoms with Gasteiger partial charge in [-0.2, -0.15) is 4.52 Å². The van der Waals surface area contributed by atoms with Crippen molar-refractivity contribution in [2.75, 3.05) is 26.3 Å². The normalized spacial score (nSPS) is 17.4. The molecule has 0 unspecified atom stereocenters. The molecule has 0 spiro atoms. The minimum Gasteiger partial charge on any atom is -0.492 e. The molecule has 1 aliphatic heterocycles. The Bertz CT molecular complexity index is 867. The molecule has 126 valence electrons. The van der Waals surface area contributed by atoms with Crippen molar-refractivity contribution in [3.63, 3.8) is 0 Å². The van der Waals surface area contributed by atoms with Crippen LogP contribution in [0, 0.1) is 13.8 Å². The van der Waals surface area contributed by atoms with E-state index in [0.717, 1.165) is 36.1 Å². The number of fused-ring (bicyclic) bond motifs is 1. The van der Waals surface area contributed by atoms with E-state index in [9.17, 15) is 5.11 Å². The highest BCUT2D eigenvalue weighted by atomic mass is 32.1. The summed E-state index contributed by atoms with van der Waals surface area (Å²) in [6.07, 6.45) is 0. The molecule has 0 radical (unpaired) electrons. The van der Waals surface area contributed by atoms with E-state index in [0.29, 0.717) is 5.82 Å². The number of morpholine rings is 1. The third-order valence-electron chi connectivity index (χ3n) is 4.61. The second kappa shape index (κ2) is 6.16. The first-order chi connectivity index (χ1) is 11.6. The van der Waals surface area contributed by atoms with Gasteiger partial charge in [0, 0.05) is 5.56 Å². The number of quaternary nitrogens is 1. The molecule has 0 aliphatic carbocycles. The Morgan fingerprint density at radius 2 is 2.00 bits per heavy atom. The summed E-state index contributed by atoms with van der Waals surface area (Å²) in [5.41, 5.74) is 2.47. The van der Waals surface area contributed by atoms with Crippen molar-refractivity contribution in [1.29, 1.82) is 0 Å². The summed E-state index contributed by atoms with van der Waals surface area (Å²) in [6.45, 7) is 7.30. The number of ether oxygens (including phenoxy) is 1. The zero-order valence-electron chi connectivity index (χ0n) is 13.8. The Morgan fingerprint density at radius 1 is 1.25 bits per heavy atom. The topological polar surface area (TPSA) is 64.1 Å². The van der Waals surface area contributed by atoms with Gasteiger partial charge < -0.3 is 14.7 Å². The fraction of sp³-hybridized carbons (Fsp3) is 0.412. The quantitative estimate of drug-likeness (QED) is 0.747. The first-order valence-corrected chi connectivity index (χ1v) is 8.99. The monoisotopic (exact) mass is 345 g/mol. The second-order valence-electron chi connectivity index (χ2n) is 6.20. The lowest BCUT2D eigenvalue weighted by Gasteiger charge is -2.31. The van der Waals surface area contributed by atoms with Crippen LogP contribution < -0.4 is 4.90 Å². The van der Waals surface area contributed by atoms with Crippen LogP contribution in [0.4, 0.5) is 0 Å². The molecule has 7 heteroatoms. The summed E-state index contributed by atoms with van der Waals surface area (Å²) in [7, 11) is 0. The van der Waals surface area contributed by atoms with Crippen molar-refractivity contribution < 1.29 is 14.7 Å². The van der Waals surface area contributed by atoms with Gasteiger partial charge >= 0.3 is 0 Å². The summed E-state index contributed by atoms with van der Waals surface area (Å²) < 4.78 is 7.09. The zero-order chi connectivity index (χ0) is 16.7. The van der Waals surface area contributed by atoms with Crippen molar-refractivity contribution in [3.05, 3.63) is 46.1 Å².